The Hall–Kier alpha value is -0.930. The van der Waals surface area contributed by atoms with Gasteiger partial charge in [-0.05, 0) is 31.5 Å². The molecular weight excluding hydrogens is 198 g/mol. The van der Waals surface area contributed by atoms with E-state index in [1.807, 2.05) is 12.3 Å². The Morgan fingerprint density at radius 2 is 2.19 bits per heavy atom. The molecule has 3 nitrogen and oxygen atoms in total. The van der Waals surface area contributed by atoms with Gasteiger partial charge in [-0.1, -0.05) is 19.4 Å². The first-order valence-electron chi connectivity index (χ1n) is 6.10. The lowest BCUT2D eigenvalue weighted by molar-refractivity contribution is 0.265. The molecule has 2 N–H and O–H groups in total. The molecule has 0 aliphatic rings. The molecule has 0 fully saturated rings. The highest BCUT2D eigenvalue weighted by molar-refractivity contribution is 5.17. The van der Waals surface area contributed by atoms with E-state index in [0.717, 1.165) is 26.2 Å². The monoisotopic (exact) mass is 221 g/mol. The van der Waals surface area contributed by atoms with Crippen LogP contribution in [0.25, 0.3) is 0 Å². The van der Waals surface area contributed by atoms with E-state index in [4.69, 9.17) is 5.73 Å². The Kier molecular flexibility index (Phi) is 6.04. The molecule has 16 heavy (non-hydrogen) atoms. The minimum absolute atomic E-state index is 0.718. The van der Waals surface area contributed by atoms with Crippen molar-refractivity contribution < 1.29 is 0 Å². The summed E-state index contributed by atoms with van der Waals surface area (Å²) in [6.45, 7) is 8.04. The van der Waals surface area contributed by atoms with E-state index in [1.54, 1.807) is 0 Å². The molecule has 1 heterocycles. The first-order chi connectivity index (χ1) is 7.77. The summed E-state index contributed by atoms with van der Waals surface area (Å²) in [5, 5.41) is 0. The average molecular weight is 221 g/mol. The van der Waals surface area contributed by atoms with Gasteiger partial charge in [0.2, 0.25) is 0 Å². The molecule has 0 aromatic carbocycles. The molecule has 0 aliphatic carbocycles. The normalized spacial score (nSPS) is 11.0. The molecule has 0 radical (unpaired) electrons. The summed E-state index contributed by atoms with van der Waals surface area (Å²) >= 11 is 0. The Morgan fingerprint density at radius 3 is 2.81 bits per heavy atom. The largest absolute Gasteiger partial charge is 0.329 e. The SMILES string of the molecule is CCCCN(CCN)Cc1ncccc1C. The molecule has 0 amide bonds. The summed E-state index contributed by atoms with van der Waals surface area (Å²) < 4.78 is 0. The van der Waals surface area contributed by atoms with Crippen molar-refractivity contribution in [2.24, 2.45) is 5.73 Å². The van der Waals surface area contributed by atoms with Crippen molar-refractivity contribution in [1.82, 2.24) is 9.88 Å². The third-order valence-corrected chi connectivity index (χ3v) is 2.76. The number of hydrogen-bond donors (Lipinski definition) is 1. The first-order valence-corrected chi connectivity index (χ1v) is 6.10. The molecule has 0 aliphatic heterocycles. The zero-order valence-electron chi connectivity index (χ0n) is 10.4. The second kappa shape index (κ2) is 7.36. The molecule has 0 spiro atoms. The molecule has 0 bridgehead atoms. The van der Waals surface area contributed by atoms with Crippen LogP contribution in [0.4, 0.5) is 0 Å². The highest BCUT2D eigenvalue weighted by Crippen LogP contribution is 2.07. The van der Waals surface area contributed by atoms with Gasteiger partial charge in [0.05, 0.1) is 5.69 Å². The van der Waals surface area contributed by atoms with Gasteiger partial charge in [-0.2, -0.15) is 0 Å². The van der Waals surface area contributed by atoms with E-state index in [0.29, 0.717) is 0 Å². The Balaban J connectivity index is 2.56. The molecule has 0 atom stereocenters. The summed E-state index contributed by atoms with van der Waals surface area (Å²) in [6, 6.07) is 4.10. The maximum atomic E-state index is 5.63. The van der Waals surface area contributed by atoms with Crippen molar-refractivity contribution in [2.45, 2.75) is 33.2 Å². The van der Waals surface area contributed by atoms with Crippen LogP contribution in [0, 0.1) is 6.92 Å². The minimum atomic E-state index is 0.718. The Bertz CT molecular complexity index is 299. The number of unbranched alkanes of at least 4 members (excludes halogenated alkanes) is 1. The highest BCUT2D eigenvalue weighted by Gasteiger charge is 2.06. The van der Waals surface area contributed by atoms with Crippen LogP contribution >= 0.6 is 0 Å². The molecular formula is C13H23N3. The van der Waals surface area contributed by atoms with E-state index in [9.17, 15) is 0 Å². The molecule has 1 aromatic rings. The van der Waals surface area contributed by atoms with Crippen LogP contribution in [0.15, 0.2) is 18.3 Å². The van der Waals surface area contributed by atoms with Crippen molar-refractivity contribution in [1.29, 1.82) is 0 Å². The number of aromatic nitrogens is 1. The third-order valence-electron chi connectivity index (χ3n) is 2.76. The fourth-order valence-corrected chi connectivity index (χ4v) is 1.73. The second-order valence-electron chi connectivity index (χ2n) is 4.19. The van der Waals surface area contributed by atoms with Gasteiger partial charge in [-0.3, -0.25) is 9.88 Å². The van der Waals surface area contributed by atoms with Crippen molar-refractivity contribution in [2.75, 3.05) is 19.6 Å². The fourth-order valence-electron chi connectivity index (χ4n) is 1.73. The van der Waals surface area contributed by atoms with Gasteiger partial charge >= 0.3 is 0 Å². The molecule has 0 saturated heterocycles. The predicted octanol–water partition coefficient (Wildman–Crippen LogP) is 1.95. The second-order valence-corrected chi connectivity index (χ2v) is 4.19. The van der Waals surface area contributed by atoms with Gasteiger partial charge in [0.1, 0.15) is 0 Å². The highest BCUT2D eigenvalue weighted by atomic mass is 15.1. The number of pyridine rings is 1. The van der Waals surface area contributed by atoms with E-state index in [2.05, 4.69) is 29.8 Å². The molecule has 0 unspecified atom stereocenters. The standard InChI is InChI=1S/C13H23N3/c1-3-4-9-16(10-7-14)11-13-12(2)6-5-8-15-13/h5-6,8H,3-4,7,9-11,14H2,1-2H3. The van der Waals surface area contributed by atoms with Crippen molar-refractivity contribution in [3.8, 4) is 0 Å². The number of nitrogens with two attached hydrogens (primary N) is 1. The number of rotatable bonds is 7. The maximum absolute atomic E-state index is 5.63. The lowest BCUT2D eigenvalue weighted by atomic mass is 10.2. The van der Waals surface area contributed by atoms with Crippen LogP contribution in [-0.4, -0.2) is 29.5 Å². The summed E-state index contributed by atoms with van der Waals surface area (Å²) in [5.41, 5.74) is 8.07. The Morgan fingerprint density at radius 1 is 1.38 bits per heavy atom. The average Bonchev–Trinajstić information content (AvgIpc) is 2.29. The van der Waals surface area contributed by atoms with Crippen molar-refractivity contribution in [3.63, 3.8) is 0 Å². The number of nitrogens with zero attached hydrogens (tertiary/aromatic N) is 2. The van der Waals surface area contributed by atoms with E-state index in [-0.39, 0.29) is 0 Å². The van der Waals surface area contributed by atoms with Gasteiger partial charge in [-0.15, -0.1) is 0 Å². The Labute approximate surface area is 98.7 Å². The summed E-state index contributed by atoms with van der Waals surface area (Å²) in [5.74, 6) is 0. The zero-order valence-corrected chi connectivity index (χ0v) is 10.4. The first kappa shape index (κ1) is 13.1. The fraction of sp³-hybridized carbons (Fsp3) is 0.615. The van der Waals surface area contributed by atoms with E-state index < -0.39 is 0 Å². The zero-order chi connectivity index (χ0) is 11.8. The van der Waals surface area contributed by atoms with E-state index in [1.165, 1.54) is 24.1 Å². The maximum Gasteiger partial charge on any atom is 0.0573 e. The van der Waals surface area contributed by atoms with Gasteiger partial charge in [0.25, 0.3) is 0 Å². The van der Waals surface area contributed by atoms with Crippen LogP contribution < -0.4 is 5.73 Å². The molecule has 0 saturated carbocycles. The lowest BCUT2D eigenvalue weighted by Gasteiger charge is -2.21. The van der Waals surface area contributed by atoms with Gasteiger partial charge in [0, 0.05) is 25.8 Å². The number of aryl methyl sites for hydroxylation is 1. The molecule has 1 rings (SSSR count). The van der Waals surface area contributed by atoms with Crippen LogP contribution in [0.1, 0.15) is 31.0 Å². The topological polar surface area (TPSA) is 42.1 Å². The molecule has 90 valence electrons. The molecule has 1 aromatic heterocycles. The van der Waals surface area contributed by atoms with Crippen molar-refractivity contribution in [3.05, 3.63) is 29.6 Å². The lowest BCUT2D eigenvalue weighted by Crippen LogP contribution is -2.30. The predicted molar refractivity (Wildman–Crippen MR) is 68.2 cm³/mol. The van der Waals surface area contributed by atoms with Crippen LogP contribution in [0.3, 0.4) is 0 Å². The van der Waals surface area contributed by atoms with E-state index >= 15 is 0 Å². The van der Waals surface area contributed by atoms with Crippen LogP contribution in [-0.2, 0) is 6.54 Å². The number of hydrogen-bond acceptors (Lipinski definition) is 3. The molecule has 3 heteroatoms. The third kappa shape index (κ3) is 4.29. The van der Waals surface area contributed by atoms with Crippen LogP contribution in [0.2, 0.25) is 0 Å². The van der Waals surface area contributed by atoms with Gasteiger partial charge in [0.15, 0.2) is 0 Å². The van der Waals surface area contributed by atoms with Gasteiger partial charge < -0.3 is 5.73 Å². The van der Waals surface area contributed by atoms with Gasteiger partial charge in [-0.25, -0.2) is 0 Å². The quantitative estimate of drug-likeness (QED) is 0.765. The minimum Gasteiger partial charge on any atom is -0.329 e. The van der Waals surface area contributed by atoms with Crippen LogP contribution in [0.5, 0.6) is 0 Å². The smallest absolute Gasteiger partial charge is 0.0573 e. The summed E-state index contributed by atoms with van der Waals surface area (Å²) in [7, 11) is 0. The van der Waals surface area contributed by atoms with Crippen molar-refractivity contribution >= 4 is 0 Å². The summed E-state index contributed by atoms with van der Waals surface area (Å²) in [6.07, 6.45) is 4.32. The summed E-state index contributed by atoms with van der Waals surface area (Å²) in [4.78, 5) is 6.81.